The highest BCUT2D eigenvalue weighted by Crippen LogP contribution is 2.28. The summed E-state index contributed by atoms with van der Waals surface area (Å²) >= 11 is 0. The second-order valence-corrected chi connectivity index (χ2v) is 4.38. The number of nitrogens with one attached hydrogen (secondary N) is 1. The summed E-state index contributed by atoms with van der Waals surface area (Å²) in [5.74, 6) is -0.220. The number of hydrogen-bond acceptors (Lipinski definition) is 4. The van der Waals surface area contributed by atoms with Gasteiger partial charge in [-0.15, -0.1) is 0 Å². The van der Waals surface area contributed by atoms with Gasteiger partial charge in [-0.05, 0) is 19.4 Å². The van der Waals surface area contributed by atoms with Gasteiger partial charge in [-0.3, -0.25) is 14.9 Å². The molecule has 0 heterocycles. The Labute approximate surface area is 112 Å². The van der Waals surface area contributed by atoms with Crippen molar-refractivity contribution in [3.63, 3.8) is 0 Å². The SMILES string of the molecule is CCC(C)N(C)C(=O)c1cccc([N+](=O)[O-])c1NC. The summed E-state index contributed by atoms with van der Waals surface area (Å²) in [5, 5.41) is 13.7. The molecule has 0 spiro atoms. The fourth-order valence-electron chi connectivity index (χ4n) is 1.80. The quantitative estimate of drug-likeness (QED) is 0.655. The number of nitro groups is 1. The van der Waals surface area contributed by atoms with E-state index in [4.69, 9.17) is 0 Å². The van der Waals surface area contributed by atoms with Crippen molar-refractivity contribution in [3.05, 3.63) is 33.9 Å². The van der Waals surface area contributed by atoms with Gasteiger partial charge in [-0.1, -0.05) is 13.0 Å². The second kappa shape index (κ2) is 6.17. The Morgan fingerprint density at radius 1 is 1.53 bits per heavy atom. The molecular formula is C13H19N3O3. The standard InChI is InChI=1S/C13H19N3O3/c1-5-9(2)15(4)13(17)10-7-6-8-11(16(18)19)12(10)14-3/h6-9,14H,5H2,1-4H3. The summed E-state index contributed by atoms with van der Waals surface area (Å²) in [7, 11) is 3.27. The molecule has 0 saturated carbocycles. The van der Waals surface area contributed by atoms with Crippen LogP contribution in [0.1, 0.15) is 30.6 Å². The summed E-state index contributed by atoms with van der Waals surface area (Å²) in [6.07, 6.45) is 0.825. The number of carbonyl (C=O) groups excluding carboxylic acids is 1. The van der Waals surface area contributed by atoms with E-state index in [0.29, 0.717) is 5.56 Å². The molecule has 1 rings (SSSR count). The lowest BCUT2D eigenvalue weighted by atomic mass is 10.1. The minimum Gasteiger partial charge on any atom is -0.382 e. The van der Waals surface area contributed by atoms with Gasteiger partial charge in [-0.2, -0.15) is 0 Å². The molecule has 0 bridgehead atoms. The lowest BCUT2D eigenvalue weighted by molar-refractivity contribution is -0.384. The molecule has 0 aromatic heterocycles. The van der Waals surface area contributed by atoms with Crippen LogP contribution in [-0.2, 0) is 0 Å². The van der Waals surface area contributed by atoms with Crippen molar-refractivity contribution in [3.8, 4) is 0 Å². The van der Waals surface area contributed by atoms with Gasteiger partial charge in [0.15, 0.2) is 0 Å². The first-order chi connectivity index (χ1) is 8.93. The Morgan fingerprint density at radius 2 is 2.16 bits per heavy atom. The fourth-order valence-corrected chi connectivity index (χ4v) is 1.80. The minimum atomic E-state index is -0.494. The van der Waals surface area contributed by atoms with E-state index in [-0.39, 0.29) is 23.3 Å². The predicted molar refractivity (Wildman–Crippen MR) is 74.5 cm³/mol. The van der Waals surface area contributed by atoms with Crippen LogP contribution in [0, 0.1) is 10.1 Å². The van der Waals surface area contributed by atoms with Crippen LogP contribution in [0.5, 0.6) is 0 Å². The number of nitro benzene ring substituents is 1. The zero-order valence-electron chi connectivity index (χ0n) is 11.6. The summed E-state index contributed by atoms with van der Waals surface area (Å²) in [4.78, 5) is 24.4. The molecule has 0 aliphatic heterocycles. The van der Waals surface area contributed by atoms with Crippen LogP contribution in [0.2, 0.25) is 0 Å². The molecule has 1 aromatic rings. The van der Waals surface area contributed by atoms with Gasteiger partial charge in [0.05, 0.1) is 10.5 Å². The number of nitrogens with zero attached hydrogens (tertiary/aromatic N) is 2. The van der Waals surface area contributed by atoms with E-state index >= 15 is 0 Å². The molecule has 1 atom stereocenters. The van der Waals surface area contributed by atoms with E-state index in [1.54, 1.807) is 25.1 Å². The van der Waals surface area contributed by atoms with Crippen molar-refractivity contribution in [1.29, 1.82) is 0 Å². The lowest BCUT2D eigenvalue weighted by Crippen LogP contribution is -2.35. The van der Waals surface area contributed by atoms with Crippen molar-refractivity contribution in [2.75, 3.05) is 19.4 Å². The summed E-state index contributed by atoms with van der Waals surface area (Å²) in [6.45, 7) is 3.93. The van der Waals surface area contributed by atoms with Gasteiger partial charge in [0.2, 0.25) is 0 Å². The predicted octanol–water partition coefficient (Wildman–Crippen LogP) is 2.51. The van der Waals surface area contributed by atoms with Crippen molar-refractivity contribution in [2.24, 2.45) is 0 Å². The topological polar surface area (TPSA) is 75.5 Å². The molecule has 104 valence electrons. The van der Waals surface area contributed by atoms with Gasteiger partial charge in [-0.25, -0.2) is 0 Å². The minimum absolute atomic E-state index is 0.0801. The first-order valence-corrected chi connectivity index (χ1v) is 6.16. The van der Waals surface area contributed by atoms with Gasteiger partial charge in [0, 0.05) is 26.2 Å². The summed E-state index contributed by atoms with van der Waals surface area (Å²) in [5.41, 5.74) is 0.484. The van der Waals surface area contributed by atoms with Crippen LogP contribution in [0.4, 0.5) is 11.4 Å². The van der Waals surface area contributed by atoms with E-state index in [9.17, 15) is 14.9 Å². The van der Waals surface area contributed by atoms with Crippen LogP contribution < -0.4 is 5.32 Å². The molecule has 1 unspecified atom stereocenters. The maximum atomic E-state index is 12.4. The van der Waals surface area contributed by atoms with E-state index < -0.39 is 4.92 Å². The second-order valence-electron chi connectivity index (χ2n) is 4.38. The smallest absolute Gasteiger partial charge is 0.293 e. The maximum absolute atomic E-state index is 12.4. The number of amides is 1. The molecule has 0 aliphatic rings. The van der Waals surface area contributed by atoms with Crippen molar-refractivity contribution in [2.45, 2.75) is 26.3 Å². The molecule has 6 nitrogen and oxygen atoms in total. The number of rotatable bonds is 5. The van der Waals surface area contributed by atoms with Gasteiger partial charge in [0.1, 0.15) is 5.69 Å². The number of benzene rings is 1. The van der Waals surface area contributed by atoms with Crippen molar-refractivity contribution < 1.29 is 9.72 Å². The zero-order chi connectivity index (χ0) is 14.6. The largest absolute Gasteiger partial charge is 0.382 e. The van der Waals surface area contributed by atoms with Crippen LogP contribution in [-0.4, -0.2) is 35.9 Å². The van der Waals surface area contributed by atoms with Gasteiger partial charge >= 0.3 is 0 Å². The molecule has 6 heteroatoms. The fraction of sp³-hybridized carbons (Fsp3) is 0.462. The number of anilines is 1. The zero-order valence-corrected chi connectivity index (χ0v) is 11.6. The molecule has 1 N–H and O–H groups in total. The number of para-hydroxylation sites is 1. The molecule has 0 fully saturated rings. The summed E-state index contributed by atoms with van der Waals surface area (Å²) < 4.78 is 0. The highest BCUT2D eigenvalue weighted by molar-refractivity contribution is 6.01. The highest BCUT2D eigenvalue weighted by atomic mass is 16.6. The van der Waals surface area contributed by atoms with Crippen LogP contribution >= 0.6 is 0 Å². The Kier molecular flexibility index (Phi) is 4.86. The van der Waals surface area contributed by atoms with Crippen molar-refractivity contribution >= 4 is 17.3 Å². The molecule has 0 saturated heterocycles. The molecule has 1 aromatic carbocycles. The third-order valence-electron chi connectivity index (χ3n) is 3.29. The number of hydrogen-bond donors (Lipinski definition) is 1. The van der Waals surface area contributed by atoms with Gasteiger partial charge in [0.25, 0.3) is 11.6 Å². The van der Waals surface area contributed by atoms with E-state index in [2.05, 4.69) is 5.32 Å². The first-order valence-electron chi connectivity index (χ1n) is 6.16. The monoisotopic (exact) mass is 265 g/mol. The average Bonchev–Trinajstić information content (AvgIpc) is 2.43. The van der Waals surface area contributed by atoms with Crippen LogP contribution in [0.15, 0.2) is 18.2 Å². The van der Waals surface area contributed by atoms with Crippen LogP contribution in [0.25, 0.3) is 0 Å². The molecular weight excluding hydrogens is 246 g/mol. The first kappa shape index (κ1) is 14.9. The van der Waals surface area contributed by atoms with Crippen LogP contribution in [0.3, 0.4) is 0 Å². The Morgan fingerprint density at radius 3 is 2.63 bits per heavy atom. The summed E-state index contributed by atoms with van der Waals surface area (Å²) in [6, 6.07) is 4.58. The molecule has 0 aliphatic carbocycles. The highest BCUT2D eigenvalue weighted by Gasteiger charge is 2.24. The third-order valence-corrected chi connectivity index (χ3v) is 3.29. The van der Waals surface area contributed by atoms with E-state index in [1.807, 2.05) is 13.8 Å². The molecule has 0 radical (unpaired) electrons. The molecule has 19 heavy (non-hydrogen) atoms. The third kappa shape index (κ3) is 3.01. The lowest BCUT2D eigenvalue weighted by Gasteiger charge is -2.24. The Hall–Kier alpha value is -2.11. The normalized spacial score (nSPS) is 11.8. The molecule has 1 amide bonds. The van der Waals surface area contributed by atoms with E-state index in [1.165, 1.54) is 12.1 Å². The Balaban J connectivity index is 3.24. The van der Waals surface area contributed by atoms with Crippen molar-refractivity contribution in [1.82, 2.24) is 4.90 Å². The van der Waals surface area contributed by atoms with Gasteiger partial charge < -0.3 is 10.2 Å². The van der Waals surface area contributed by atoms with E-state index in [0.717, 1.165) is 6.42 Å². The maximum Gasteiger partial charge on any atom is 0.293 e. The average molecular weight is 265 g/mol. The Bertz CT molecular complexity index is 488. The number of carbonyl (C=O) groups is 1.